The molecule has 0 bridgehead atoms. The van der Waals surface area contributed by atoms with E-state index in [1.165, 1.54) is 6.07 Å². The molecule has 1 saturated carbocycles. The molecule has 0 saturated heterocycles. The largest absolute Gasteiger partial charge is 0.418 e. The van der Waals surface area contributed by atoms with Crippen molar-refractivity contribution < 1.29 is 18.0 Å². The molecule has 1 spiro atoms. The highest BCUT2D eigenvalue weighted by Crippen LogP contribution is 2.50. The summed E-state index contributed by atoms with van der Waals surface area (Å²) in [6.07, 6.45) is -3.02. The zero-order valence-electron chi connectivity index (χ0n) is 9.40. The van der Waals surface area contributed by atoms with Gasteiger partial charge in [-0.1, -0.05) is 6.07 Å². The summed E-state index contributed by atoms with van der Waals surface area (Å²) in [5.74, 6) is -0.314. The first kappa shape index (κ1) is 11.4. The first-order valence-electron chi connectivity index (χ1n) is 5.68. The Hall–Kier alpha value is -1.72. The van der Waals surface area contributed by atoms with Crippen molar-refractivity contribution in [3.8, 4) is 0 Å². The predicted molar refractivity (Wildman–Crippen MR) is 60.2 cm³/mol. The third-order valence-electron chi connectivity index (χ3n) is 3.56. The number of para-hydroxylation sites is 1. The quantitative estimate of drug-likeness (QED) is 0.749. The highest BCUT2D eigenvalue weighted by molar-refractivity contribution is 6.02. The molecule has 1 heterocycles. The maximum Gasteiger partial charge on any atom is 0.418 e. The normalized spacial score (nSPS) is 20.7. The van der Waals surface area contributed by atoms with Crippen molar-refractivity contribution in [1.82, 2.24) is 0 Å². The minimum atomic E-state index is -4.47. The molecule has 1 fully saturated rings. The topological polar surface area (TPSA) is 41.1 Å². The number of amides is 1. The van der Waals surface area contributed by atoms with E-state index >= 15 is 0 Å². The van der Waals surface area contributed by atoms with Gasteiger partial charge in [0, 0.05) is 6.54 Å². The fourth-order valence-electron chi connectivity index (χ4n) is 2.22. The fourth-order valence-corrected chi connectivity index (χ4v) is 2.22. The highest BCUT2D eigenvalue weighted by Gasteiger charge is 2.51. The Bertz CT molecular complexity index is 521. The molecule has 3 rings (SSSR count). The van der Waals surface area contributed by atoms with Crippen LogP contribution >= 0.6 is 0 Å². The molecule has 1 aromatic rings. The molecule has 2 N–H and O–H groups in total. The van der Waals surface area contributed by atoms with Crippen molar-refractivity contribution in [3.05, 3.63) is 23.8 Å². The van der Waals surface area contributed by atoms with Crippen LogP contribution in [0, 0.1) is 5.41 Å². The number of fused-ring (bicyclic) bond motifs is 1. The van der Waals surface area contributed by atoms with Gasteiger partial charge in [0.2, 0.25) is 5.91 Å². The standard InChI is InChI=1S/C12H11F3N2O/c13-12(14,15)7-2-1-3-8-9(7)17-10(18)11(4-5-11)6-16-8/h1-3,16H,4-6H2,(H,17,18). The number of benzene rings is 1. The molecule has 1 aromatic carbocycles. The maximum absolute atomic E-state index is 12.9. The molecule has 1 amide bonds. The van der Waals surface area contributed by atoms with Crippen LogP contribution in [0.1, 0.15) is 18.4 Å². The van der Waals surface area contributed by atoms with Crippen LogP contribution in [0.2, 0.25) is 0 Å². The minimum Gasteiger partial charge on any atom is -0.382 e. The van der Waals surface area contributed by atoms with Crippen LogP contribution in [0.25, 0.3) is 0 Å². The van der Waals surface area contributed by atoms with E-state index in [1.807, 2.05) is 0 Å². The van der Waals surface area contributed by atoms with Gasteiger partial charge in [-0.05, 0) is 25.0 Å². The number of anilines is 2. The lowest BCUT2D eigenvalue weighted by atomic mass is 10.1. The number of carbonyl (C=O) groups is 1. The van der Waals surface area contributed by atoms with Gasteiger partial charge in [0.15, 0.2) is 0 Å². The van der Waals surface area contributed by atoms with Crippen molar-refractivity contribution in [2.24, 2.45) is 5.41 Å². The van der Waals surface area contributed by atoms with Crippen molar-refractivity contribution >= 4 is 17.3 Å². The van der Waals surface area contributed by atoms with Crippen LogP contribution in [0.4, 0.5) is 24.5 Å². The Kier molecular flexibility index (Phi) is 2.15. The molecule has 1 aliphatic carbocycles. The van der Waals surface area contributed by atoms with Crippen LogP contribution < -0.4 is 10.6 Å². The van der Waals surface area contributed by atoms with Gasteiger partial charge in [-0.25, -0.2) is 0 Å². The van der Waals surface area contributed by atoms with Crippen molar-refractivity contribution in [2.45, 2.75) is 19.0 Å². The van der Waals surface area contributed by atoms with E-state index in [0.29, 0.717) is 12.2 Å². The van der Waals surface area contributed by atoms with Gasteiger partial charge >= 0.3 is 6.18 Å². The predicted octanol–water partition coefficient (Wildman–Crippen LogP) is 2.85. The third-order valence-corrected chi connectivity index (χ3v) is 3.56. The average molecular weight is 256 g/mol. The molecular formula is C12H11F3N2O. The Labute approximate surface area is 101 Å². The first-order chi connectivity index (χ1) is 8.42. The number of carbonyl (C=O) groups excluding carboxylic acids is 1. The van der Waals surface area contributed by atoms with Crippen LogP contribution in [-0.2, 0) is 11.0 Å². The lowest BCUT2D eigenvalue weighted by Gasteiger charge is -2.15. The fraction of sp³-hybridized carbons (Fsp3) is 0.417. The van der Waals surface area contributed by atoms with E-state index in [0.717, 1.165) is 18.9 Å². The van der Waals surface area contributed by atoms with Gasteiger partial charge < -0.3 is 10.6 Å². The summed E-state index contributed by atoms with van der Waals surface area (Å²) in [6, 6.07) is 3.86. The SMILES string of the molecule is O=C1Nc2c(cccc2C(F)(F)F)NCC12CC2. The second kappa shape index (κ2) is 3.40. The van der Waals surface area contributed by atoms with Crippen LogP contribution in [0.15, 0.2) is 18.2 Å². The number of rotatable bonds is 0. The van der Waals surface area contributed by atoms with E-state index in [1.54, 1.807) is 6.07 Å². The summed E-state index contributed by atoms with van der Waals surface area (Å²) in [7, 11) is 0. The smallest absolute Gasteiger partial charge is 0.382 e. The van der Waals surface area contributed by atoms with Crippen molar-refractivity contribution in [1.29, 1.82) is 0 Å². The summed E-state index contributed by atoms with van der Waals surface area (Å²) >= 11 is 0. The van der Waals surface area contributed by atoms with E-state index < -0.39 is 17.2 Å². The molecule has 0 atom stereocenters. The number of halogens is 3. The van der Waals surface area contributed by atoms with Gasteiger partial charge in [-0.2, -0.15) is 13.2 Å². The van der Waals surface area contributed by atoms with Crippen LogP contribution in [-0.4, -0.2) is 12.5 Å². The minimum absolute atomic E-state index is 0.154. The molecule has 1 aliphatic heterocycles. The van der Waals surface area contributed by atoms with Crippen molar-refractivity contribution in [3.63, 3.8) is 0 Å². The first-order valence-corrected chi connectivity index (χ1v) is 5.68. The number of hydrogen-bond donors (Lipinski definition) is 2. The molecule has 0 aromatic heterocycles. The molecule has 18 heavy (non-hydrogen) atoms. The molecular weight excluding hydrogens is 245 g/mol. The highest BCUT2D eigenvalue weighted by atomic mass is 19.4. The Morgan fingerprint density at radius 1 is 1.22 bits per heavy atom. The van der Waals surface area contributed by atoms with Crippen LogP contribution in [0.3, 0.4) is 0 Å². The molecule has 96 valence electrons. The van der Waals surface area contributed by atoms with E-state index in [9.17, 15) is 18.0 Å². The van der Waals surface area contributed by atoms with Gasteiger partial charge in [0.1, 0.15) is 0 Å². The monoisotopic (exact) mass is 256 g/mol. The Morgan fingerprint density at radius 3 is 2.56 bits per heavy atom. The second-order valence-electron chi connectivity index (χ2n) is 4.81. The summed E-state index contributed by atoms with van der Waals surface area (Å²) in [5, 5.41) is 5.37. The second-order valence-corrected chi connectivity index (χ2v) is 4.81. The van der Waals surface area contributed by atoms with E-state index in [-0.39, 0.29) is 11.6 Å². The zero-order valence-corrected chi connectivity index (χ0v) is 9.40. The molecule has 6 heteroatoms. The Morgan fingerprint density at radius 2 is 1.94 bits per heavy atom. The van der Waals surface area contributed by atoms with Crippen LogP contribution in [0.5, 0.6) is 0 Å². The summed E-state index contributed by atoms with van der Waals surface area (Å²) in [5.41, 5.74) is -1.14. The van der Waals surface area contributed by atoms with E-state index in [2.05, 4.69) is 10.6 Å². The zero-order chi connectivity index (χ0) is 13.0. The van der Waals surface area contributed by atoms with Gasteiger partial charge in [0.25, 0.3) is 0 Å². The van der Waals surface area contributed by atoms with E-state index in [4.69, 9.17) is 0 Å². The molecule has 2 aliphatic rings. The van der Waals surface area contributed by atoms with Gasteiger partial charge in [-0.3, -0.25) is 4.79 Å². The molecule has 0 radical (unpaired) electrons. The van der Waals surface area contributed by atoms with Crippen molar-refractivity contribution in [2.75, 3.05) is 17.2 Å². The van der Waals surface area contributed by atoms with Gasteiger partial charge in [0.05, 0.1) is 22.4 Å². The number of alkyl halides is 3. The Balaban J connectivity index is 2.07. The maximum atomic E-state index is 12.9. The lowest BCUT2D eigenvalue weighted by molar-refractivity contribution is -0.136. The number of nitrogens with one attached hydrogen (secondary N) is 2. The third kappa shape index (κ3) is 1.63. The summed E-state index contributed by atoms with van der Waals surface area (Å²) in [4.78, 5) is 11.9. The summed E-state index contributed by atoms with van der Waals surface area (Å²) in [6.45, 7) is 0.396. The molecule has 0 unspecified atom stereocenters. The summed E-state index contributed by atoms with van der Waals surface area (Å²) < 4.78 is 38.6. The van der Waals surface area contributed by atoms with Gasteiger partial charge in [-0.15, -0.1) is 0 Å². The lowest BCUT2D eigenvalue weighted by Crippen LogP contribution is -2.27. The number of hydrogen-bond acceptors (Lipinski definition) is 2. The average Bonchev–Trinajstić information content (AvgIpc) is 3.07. The molecule has 3 nitrogen and oxygen atoms in total.